The van der Waals surface area contributed by atoms with Gasteiger partial charge in [0.15, 0.2) is 0 Å². The molecule has 0 spiro atoms. The van der Waals surface area contributed by atoms with Crippen molar-refractivity contribution in [3.63, 3.8) is 0 Å². The fourth-order valence-electron chi connectivity index (χ4n) is 2.42. The summed E-state index contributed by atoms with van der Waals surface area (Å²) in [5.41, 5.74) is 0.243. The average molecular weight is 228 g/mol. The Morgan fingerprint density at radius 2 is 2.00 bits per heavy atom. The zero-order valence-corrected chi connectivity index (χ0v) is 10.7. The lowest BCUT2D eigenvalue weighted by molar-refractivity contribution is -0.142. The molecule has 1 aliphatic carbocycles. The summed E-state index contributed by atoms with van der Waals surface area (Å²) in [6.07, 6.45) is 5.02. The summed E-state index contributed by atoms with van der Waals surface area (Å²) in [4.78, 5) is 13.5. The van der Waals surface area contributed by atoms with E-state index in [1.807, 2.05) is 6.92 Å². The number of nitrogens with one attached hydrogen (secondary N) is 1. The van der Waals surface area contributed by atoms with Gasteiger partial charge in [0.2, 0.25) is 0 Å². The molecule has 0 bridgehead atoms. The molecule has 0 aromatic carbocycles. The van der Waals surface area contributed by atoms with Gasteiger partial charge < -0.3 is 15.0 Å². The highest BCUT2D eigenvalue weighted by Gasteiger charge is 2.35. The zero-order valence-electron chi connectivity index (χ0n) is 10.7. The molecule has 1 fully saturated rings. The molecule has 0 atom stereocenters. The minimum atomic E-state index is -0.158. The summed E-state index contributed by atoms with van der Waals surface area (Å²) < 4.78 is 4.88. The molecule has 0 unspecified atom stereocenters. The summed E-state index contributed by atoms with van der Waals surface area (Å²) in [7, 11) is 4.24. The van der Waals surface area contributed by atoms with Gasteiger partial charge in [-0.05, 0) is 33.9 Å². The quantitative estimate of drug-likeness (QED) is 0.689. The van der Waals surface area contributed by atoms with Crippen LogP contribution in [0.3, 0.4) is 0 Å². The van der Waals surface area contributed by atoms with Crippen LogP contribution < -0.4 is 5.32 Å². The molecular weight excluding hydrogens is 204 g/mol. The number of carbonyl (C=O) groups is 1. The van der Waals surface area contributed by atoms with E-state index in [0.717, 1.165) is 6.54 Å². The van der Waals surface area contributed by atoms with Gasteiger partial charge in [0.25, 0.3) is 0 Å². The van der Waals surface area contributed by atoms with Crippen LogP contribution in [0.1, 0.15) is 32.6 Å². The van der Waals surface area contributed by atoms with Crippen LogP contribution in [-0.2, 0) is 9.53 Å². The smallest absolute Gasteiger partial charge is 0.319 e. The second kappa shape index (κ2) is 6.21. The molecule has 1 rings (SSSR count). The molecular formula is C12H24N2O2. The highest BCUT2D eigenvalue weighted by Crippen LogP contribution is 2.32. The Morgan fingerprint density at radius 1 is 1.38 bits per heavy atom. The van der Waals surface area contributed by atoms with Crippen molar-refractivity contribution < 1.29 is 9.53 Å². The molecule has 1 aliphatic rings. The molecule has 94 valence electrons. The standard InChI is InChI=1S/C12H24N2O2/c1-4-16-11(15)9-13-10-12(14(2)3)7-5-6-8-12/h13H,4-10H2,1-3H3. The molecule has 0 aromatic heterocycles. The lowest BCUT2D eigenvalue weighted by Gasteiger charge is -2.36. The van der Waals surface area contributed by atoms with Crippen molar-refractivity contribution in [3.8, 4) is 0 Å². The zero-order chi connectivity index (χ0) is 12.0. The van der Waals surface area contributed by atoms with E-state index in [1.54, 1.807) is 0 Å². The predicted molar refractivity (Wildman–Crippen MR) is 64.4 cm³/mol. The fraction of sp³-hybridized carbons (Fsp3) is 0.917. The van der Waals surface area contributed by atoms with E-state index in [1.165, 1.54) is 25.7 Å². The molecule has 1 saturated carbocycles. The Balaban J connectivity index is 2.31. The molecule has 0 aliphatic heterocycles. The van der Waals surface area contributed by atoms with Gasteiger partial charge in [-0.2, -0.15) is 0 Å². The highest BCUT2D eigenvalue weighted by atomic mass is 16.5. The summed E-state index contributed by atoms with van der Waals surface area (Å²) in [5.74, 6) is -0.158. The van der Waals surface area contributed by atoms with E-state index in [-0.39, 0.29) is 11.5 Å². The van der Waals surface area contributed by atoms with Gasteiger partial charge in [-0.3, -0.25) is 4.79 Å². The van der Waals surface area contributed by atoms with Gasteiger partial charge in [-0.15, -0.1) is 0 Å². The van der Waals surface area contributed by atoms with Gasteiger partial charge in [0.05, 0.1) is 13.2 Å². The minimum absolute atomic E-state index is 0.158. The third-order valence-corrected chi connectivity index (χ3v) is 3.51. The fourth-order valence-corrected chi connectivity index (χ4v) is 2.42. The summed E-state index contributed by atoms with van der Waals surface area (Å²) in [6, 6.07) is 0. The largest absolute Gasteiger partial charge is 0.465 e. The highest BCUT2D eigenvalue weighted by molar-refractivity contribution is 5.71. The van der Waals surface area contributed by atoms with Crippen molar-refractivity contribution in [1.82, 2.24) is 10.2 Å². The number of hydrogen-bond donors (Lipinski definition) is 1. The maximum Gasteiger partial charge on any atom is 0.319 e. The number of nitrogens with zero attached hydrogens (tertiary/aromatic N) is 1. The normalized spacial score (nSPS) is 19.0. The molecule has 4 nitrogen and oxygen atoms in total. The first-order valence-corrected chi connectivity index (χ1v) is 6.14. The first-order chi connectivity index (χ1) is 7.60. The van der Waals surface area contributed by atoms with Crippen LogP contribution in [-0.4, -0.2) is 50.2 Å². The molecule has 0 radical (unpaired) electrons. The van der Waals surface area contributed by atoms with Crippen molar-refractivity contribution in [2.75, 3.05) is 33.8 Å². The SMILES string of the molecule is CCOC(=O)CNCC1(N(C)C)CCCC1. The van der Waals surface area contributed by atoms with Crippen molar-refractivity contribution in [2.45, 2.75) is 38.1 Å². The second-order valence-corrected chi connectivity index (χ2v) is 4.73. The minimum Gasteiger partial charge on any atom is -0.465 e. The van der Waals surface area contributed by atoms with Crippen LogP contribution in [0.25, 0.3) is 0 Å². The second-order valence-electron chi connectivity index (χ2n) is 4.73. The van der Waals surface area contributed by atoms with E-state index >= 15 is 0 Å². The van der Waals surface area contributed by atoms with Crippen molar-refractivity contribution >= 4 is 5.97 Å². The summed E-state index contributed by atoms with van der Waals surface area (Å²) in [6.45, 7) is 3.48. The lowest BCUT2D eigenvalue weighted by Crippen LogP contribution is -2.50. The van der Waals surface area contributed by atoms with Crippen LogP contribution >= 0.6 is 0 Å². The average Bonchev–Trinajstić information content (AvgIpc) is 2.68. The lowest BCUT2D eigenvalue weighted by atomic mass is 9.96. The Labute approximate surface area is 98.3 Å². The van der Waals surface area contributed by atoms with E-state index in [4.69, 9.17) is 4.74 Å². The first kappa shape index (κ1) is 13.5. The Kier molecular flexibility index (Phi) is 5.22. The van der Waals surface area contributed by atoms with Gasteiger partial charge in [0, 0.05) is 12.1 Å². The van der Waals surface area contributed by atoms with E-state index in [0.29, 0.717) is 13.2 Å². The third kappa shape index (κ3) is 3.46. The van der Waals surface area contributed by atoms with Gasteiger partial charge >= 0.3 is 5.97 Å². The Bertz CT molecular complexity index is 223. The maximum absolute atomic E-state index is 11.2. The van der Waals surface area contributed by atoms with Crippen LogP contribution in [0.2, 0.25) is 0 Å². The monoisotopic (exact) mass is 228 g/mol. The molecule has 4 heteroatoms. The molecule has 0 amide bonds. The van der Waals surface area contributed by atoms with Crippen LogP contribution in [0, 0.1) is 0 Å². The first-order valence-electron chi connectivity index (χ1n) is 6.14. The number of carbonyl (C=O) groups excluding carboxylic acids is 1. The topological polar surface area (TPSA) is 41.6 Å². The van der Waals surface area contributed by atoms with Crippen LogP contribution in [0.15, 0.2) is 0 Å². The number of ether oxygens (including phenoxy) is 1. The molecule has 0 aromatic rings. The summed E-state index contributed by atoms with van der Waals surface area (Å²) >= 11 is 0. The number of esters is 1. The number of rotatable bonds is 6. The van der Waals surface area contributed by atoms with Gasteiger partial charge in [-0.1, -0.05) is 12.8 Å². The van der Waals surface area contributed by atoms with Crippen LogP contribution in [0.4, 0.5) is 0 Å². The van der Waals surface area contributed by atoms with Gasteiger partial charge in [-0.25, -0.2) is 0 Å². The summed E-state index contributed by atoms with van der Waals surface area (Å²) in [5, 5.41) is 3.22. The predicted octanol–water partition coefficient (Wildman–Crippen LogP) is 1.01. The van der Waals surface area contributed by atoms with E-state index in [9.17, 15) is 4.79 Å². The Hall–Kier alpha value is -0.610. The third-order valence-electron chi connectivity index (χ3n) is 3.51. The number of likely N-dealkylation sites (N-methyl/N-ethyl adjacent to an activating group) is 1. The van der Waals surface area contributed by atoms with Crippen LogP contribution in [0.5, 0.6) is 0 Å². The molecule has 0 saturated heterocycles. The number of hydrogen-bond acceptors (Lipinski definition) is 4. The van der Waals surface area contributed by atoms with Crippen molar-refractivity contribution in [2.24, 2.45) is 0 Å². The van der Waals surface area contributed by atoms with Crippen molar-refractivity contribution in [1.29, 1.82) is 0 Å². The molecule has 0 heterocycles. The molecule has 16 heavy (non-hydrogen) atoms. The van der Waals surface area contributed by atoms with E-state index < -0.39 is 0 Å². The van der Waals surface area contributed by atoms with E-state index in [2.05, 4.69) is 24.3 Å². The van der Waals surface area contributed by atoms with Gasteiger partial charge in [0.1, 0.15) is 0 Å². The van der Waals surface area contributed by atoms with Crippen molar-refractivity contribution in [3.05, 3.63) is 0 Å². The maximum atomic E-state index is 11.2. The molecule has 1 N–H and O–H groups in total. The Morgan fingerprint density at radius 3 is 2.50 bits per heavy atom.